The summed E-state index contributed by atoms with van der Waals surface area (Å²) in [4.78, 5) is 34.3. The van der Waals surface area contributed by atoms with Crippen molar-refractivity contribution in [3.63, 3.8) is 0 Å². The van der Waals surface area contributed by atoms with Crippen molar-refractivity contribution in [2.45, 2.75) is 11.1 Å². The van der Waals surface area contributed by atoms with Crippen LogP contribution in [0.2, 0.25) is 0 Å². The fourth-order valence-corrected chi connectivity index (χ4v) is 5.47. The smallest absolute Gasteiger partial charge is 0.490 e. The van der Waals surface area contributed by atoms with Crippen molar-refractivity contribution in [1.82, 2.24) is 9.21 Å². The molecule has 1 fully saturated rings. The lowest BCUT2D eigenvalue weighted by atomic mass is 10.1. The number of carboxylic acid groups (broad SMARTS) is 1. The molecule has 4 N–H and O–H groups in total. The van der Waals surface area contributed by atoms with Crippen LogP contribution >= 0.6 is 15.9 Å². The molecule has 1 aliphatic heterocycles. The van der Waals surface area contributed by atoms with Gasteiger partial charge in [0.1, 0.15) is 17.2 Å². The van der Waals surface area contributed by atoms with Crippen LogP contribution in [0.25, 0.3) is 0 Å². The van der Waals surface area contributed by atoms with E-state index in [0.717, 1.165) is 16.4 Å². The molecule has 0 aromatic heterocycles. The number of phenols is 1. The van der Waals surface area contributed by atoms with Crippen LogP contribution in [0.3, 0.4) is 0 Å². The van der Waals surface area contributed by atoms with Crippen molar-refractivity contribution in [2.75, 3.05) is 43.9 Å². The third-order valence-electron chi connectivity index (χ3n) is 5.69. The lowest BCUT2D eigenvalue weighted by Crippen LogP contribution is -2.47. The number of carbonyl (C=O) groups is 1. The molecular formula is C23H21BrF4N4O7S. The number of aromatic hydroxyl groups is 1. The van der Waals surface area contributed by atoms with Crippen molar-refractivity contribution in [2.24, 2.45) is 0 Å². The molecule has 0 aliphatic carbocycles. The summed E-state index contributed by atoms with van der Waals surface area (Å²) < 4.78 is 74.2. The molecule has 216 valence electrons. The number of hydrogen-bond donors (Lipinski definition) is 4. The Kier molecular flexibility index (Phi) is 9.23. The Balaban J connectivity index is 0.000000559. The lowest BCUT2D eigenvalue weighted by Gasteiger charge is -2.31. The van der Waals surface area contributed by atoms with Crippen molar-refractivity contribution < 1.29 is 41.0 Å². The molecule has 0 amide bonds. The molecule has 0 unspecified atom stereocenters. The van der Waals surface area contributed by atoms with Gasteiger partial charge in [-0.3, -0.25) is 9.59 Å². The molecule has 0 atom stereocenters. The van der Waals surface area contributed by atoms with E-state index in [-0.39, 0.29) is 30.2 Å². The quantitative estimate of drug-likeness (QED) is 0.177. The van der Waals surface area contributed by atoms with Crippen LogP contribution in [-0.2, 0) is 14.8 Å². The van der Waals surface area contributed by atoms with Gasteiger partial charge >= 0.3 is 12.1 Å². The molecule has 1 heterocycles. The number of para-hydroxylation sites is 1. The second-order valence-corrected chi connectivity index (χ2v) is 11.2. The third-order valence-corrected chi connectivity index (χ3v) is 8.33. The summed E-state index contributed by atoms with van der Waals surface area (Å²) in [5.41, 5.74) is -1.54. The van der Waals surface area contributed by atoms with E-state index in [0.29, 0.717) is 23.2 Å². The highest BCUT2D eigenvalue weighted by Crippen LogP contribution is 2.38. The standard InChI is InChI=1S/C21H20BrFN4O5S.C2HF3O2/c1-26-8-10-27(11-9-26)33(31,32)21-13(23)6-7-15(18(21)28)25-17-16(19(29)20(17)30)24-14-5-3-2-4-12(14)22;3-2(4,5)1(6)7/h2-7,24-25,28H,8-11H2,1H3;(H,6,7). The number of alkyl halides is 3. The van der Waals surface area contributed by atoms with Crippen molar-refractivity contribution >= 4 is 54.7 Å². The van der Waals surface area contributed by atoms with Gasteiger partial charge in [0.05, 0.1) is 11.4 Å². The number of carboxylic acids is 1. The molecule has 0 bridgehead atoms. The number of rotatable bonds is 6. The molecule has 0 radical (unpaired) electrons. The molecule has 17 heteroatoms. The second-order valence-electron chi connectivity index (χ2n) is 8.42. The highest BCUT2D eigenvalue weighted by atomic mass is 79.9. The maximum absolute atomic E-state index is 14.6. The zero-order chi connectivity index (χ0) is 30.0. The van der Waals surface area contributed by atoms with E-state index in [1.165, 1.54) is 0 Å². The topological polar surface area (TPSA) is 156 Å². The molecule has 3 aromatic rings. The molecule has 11 nitrogen and oxygen atoms in total. The minimum Gasteiger partial charge on any atom is -0.504 e. The number of anilines is 4. The van der Waals surface area contributed by atoms with Crippen molar-refractivity contribution in [3.05, 3.63) is 67.1 Å². The minimum atomic E-state index is -5.08. The largest absolute Gasteiger partial charge is 0.504 e. The molecular weight excluding hydrogens is 632 g/mol. The fourth-order valence-electron chi connectivity index (χ4n) is 3.51. The number of sulfonamides is 1. The zero-order valence-electron chi connectivity index (χ0n) is 20.4. The van der Waals surface area contributed by atoms with Gasteiger partial charge < -0.3 is 25.7 Å². The molecule has 0 spiro atoms. The zero-order valence-corrected chi connectivity index (χ0v) is 22.8. The predicted octanol–water partition coefficient (Wildman–Crippen LogP) is 2.95. The summed E-state index contributed by atoms with van der Waals surface area (Å²) in [6, 6.07) is 8.91. The Labute approximate surface area is 232 Å². The summed E-state index contributed by atoms with van der Waals surface area (Å²) in [5, 5.41) is 23.2. The van der Waals surface area contributed by atoms with Crippen LogP contribution in [-0.4, -0.2) is 73.2 Å². The molecule has 40 heavy (non-hydrogen) atoms. The van der Waals surface area contributed by atoms with Gasteiger partial charge in [-0.2, -0.15) is 17.5 Å². The van der Waals surface area contributed by atoms with E-state index in [2.05, 4.69) is 26.6 Å². The first kappa shape index (κ1) is 31.0. The number of nitrogens with zero attached hydrogens (tertiary/aromatic N) is 2. The van der Waals surface area contributed by atoms with Gasteiger partial charge in [-0.1, -0.05) is 12.1 Å². The van der Waals surface area contributed by atoms with E-state index in [9.17, 15) is 40.7 Å². The number of halogens is 5. The average Bonchev–Trinajstić information content (AvgIpc) is 2.88. The van der Waals surface area contributed by atoms with Gasteiger partial charge in [0.25, 0.3) is 10.9 Å². The molecule has 1 saturated heterocycles. The maximum atomic E-state index is 14.6. The molecule has 1 aliphatic rings. The molecule has 0 saturated carbocycles. The Hall–Kier alpha value is -3.54. The van der Waals surface area contributed by atoms with E-state index in [1.54, 1.807) is 24.3 Å². The first-order valence-corrected chi connectivity index (χ1v) is 13.4. The first-order valence-electron chi connectivity index (χ1n) is 11.2. The van der Waals surface area contributed by atoms with Gasteiger partial charge in [0.2, 0.25) is 10.0 Å². The Morgan fingerprint density at radius 1 is 0.950 bits per heavy atom. The fraction of sp³-hybridized carbons (Fsp3) is 0.261. The normalized spacial score (nSPS) is 14.8. The average molecular weight is 653 g/mol. The van der Waals surface area contributed by atoms with Crippen molar-refractivity contribution in [1.29, 1.82) is 0 Å². The number of hydrogen-bond acceptors (Lipinski definition) is 9. The third kappa shape index (κ3) is 6.60. The minimum absolute atomic E-state index is 0.0564. The van der Waals surface area contributed by atoms with Gasteiger partial charge in [-0.05, 0) is 47.2 Å². The highest BCUT2D eigenvalue weighted by molar-refractivity contribution is 9.10. The SMILES string of the molecule is CN1CCN(S(=O)(=O)c2c(F)ccc(Nc3c(Nc4ccccc4Br)c(=O)c3=O)c2O)CC1.O=C(O)C(F)(F)F. The summed E-state index contributed by atoms with van der Waals surface area (Å²) in [7, 11) is -2.49. The lowest BCUT2D eigenvalue weighted by molar-refractivity contribution is -0.192. The van der Waals surface area contributed by atoms with E-state index in [1.807, 2.05) is 11.9 Å². The van der Waals surface area contributed by atoms with Crippen LogP contribution < -0.4 is 21.5 Å². The number of nitrogens with one attached hydrogen (secondary N) is 2. The van der Waals surface area contributed by atoms with Gasteiger partial charge in [-0.25, -0.2) is 17.6 Å². The predicted molar refractivity (Wildman–Crippen MR) is 140 cm³/mol. The van der Waals surface area contributed by atoms with Crippen LogP contribution in [0, 0.1) is 5.82 Å². The van der Waals surface area contributed by atoms with E-state index < -0.39 is 49.5 Å². The van der Waals surface area contributed by atoms with Gasteiger partial charge in [-0.15, -0.1) is 0 Å². The summed E-state index contributed by atoms with van der Waals surface area (Å²) in [6.45, 7) is 1.22. The van der Waals surface area contributed by atoms with Crippen LogP contribution in [0.1, 0.15) is 0 Å². The second kappa shape index (κ2) is 11.9. The summed E-state index contributed by atoms with van der Waals surface area (Å²) >= 11 is 3.33. The Morgan fingerprint density at radius 3 is 1.95 bits per heavy atom. The number of phenolic OH excluding ortho intramolecular Hbond substituents is 1. The van der Waals surface area contributed by atoms with Gasteiger partial charge in [0.15, 0.2) is 10.6 Å². The number of aliphatic carboxylic acids is 1. The molecule has 4 rings (SSSR count). The summed E-state index contributed by atoms with van der Waals surface area (Å²) in [5.74, 6) is -4.74. The monoisotopic (exact) mass is 652 g/mol. The maximum Gasteiger partial charge on any atom is 0.490 e. The Morgan fingerprint density at radius 2 is 1.45 bits per heavy atom. The van der Waals surface area contributed by atoms with Crippen LogP contribution in [0.4, 0.5) is 40.3 Å². The van der Waals surface area contributed by atoms with E-state index >= 15 is 0 Å². The number of benzene rings is 2. The summed E-state index contributed by atoms with van der Waals surface area (Å²) in [6.07, 6.45) is -5.08. The Bertz CT molecular complexity index is 1600. The molecule has 3 aromatic carbocycles. The van der Waals surface area contributed by atoms with Crippen LogP contribution in [0.5, 0.6) is 5.75 Å². The first-order chi connectivity index (χ1) is 18.6. The number of likely N-dealkylation sites (N-methyl/N-ethyl adjacent to an activating group) is 1. The van der Waals surface area contributed by atoms with Crippen molar-refractivity contribution in [3.8, 4) is 5.75 Å². The van der Waals surface area contributed by atoms with Crippen LogP contribution in [0.15, 0.2) is 55.4 Å². The number of piperazine rings is 1. The highest BCUT2D eigenvalue weighted by Gasteiger charge is 2.38. The van der Waals surface area contributed by atoms with E-state index in [4.69, 9.17) is 9.90 Å². The van der Waals surface area contributed by atoms with Gasteiger partial charge in [0, 0.05) is 30.7 Å².